The molecule has 1 heterocycles. The van der Waals surface area contributed by atoms with E-state index in [9.17, 15) is 9.59 Å². The number of fused-ring (bicyclic) bond motifs is 1. The number of H-pyrrole nitrogens is 1. The topological polar surface area (TPSA) is 74.0 Å². The van der Waals surface area contributed by atoms with Gasteiger partial charge in [-0.05, 0) is 24.1 Å². The molecule has 0 aliphatic heterocycles. The van der Waals surface area contributed by atoms with E-state index in [4.69, 9.17) is 0 Å². The monoisotopic (exact) mass is 349 g/mol. The van der Waals surface area contributed by atoms with Gasteiger partial charge in [-0.3, -0.25) is 9.59 Å². The van der Waals surface area contributed by atoms with Crippen molar-refractivity contribution in [1.82, 2.24) is 15.6 Å². The molecular weight excluding hydrogens is 326 g/mol. The standard InChI is InChI=1S/C21H23N3O2/c1-14-6-5-7-16(10-14)12-23-21(26)20(24-15(2)25)11-17-13-22-19-9-4-3-8-18(17)19/h3-10,13,20,22H,11-12H2,1-2H3,(H,23,26)(H,24,25). The number of carbonyl (C=O) groups is 2. The van der Waals surface area contributed by atoms with Crippen LogP contribution < -0.4 is 10.6 Å². The molecule has 0 bridgehead atoms. The molecule has 26 heavy (non-hydrogen) atoms. The molecule has 1 aromatic heterocycles. The van der Waals surface area contributed by atoms with E-state index in [1.54, 1.807) is 0 Å². The normalized spacial score (nSPS) is 11.9. The van der Waals surface area contributed by atoms with Crippen LogP contribution in [0.25, 0.3) is 10.9 Å². The van der Waals surface area contributed by atoms with Crippen molar-refractivity contribution in [2.45, 2.75) is 32.9 Å². The summed E-state index contributed by atoms with van der Waals surface area (Å²) in [6.07, 6.45) is 2.33. The summed E-state index contributed by atoms with van der Waals surface area (Å²) in [6, 6.07) is 15.3. The van der Waals surface area contributed by atoms with Crippen molar-refractivity contribution in [3.63, 3.8) is 0 Å². The molecule has 3 rings (SSSR count). The Balaban J connectivity index is 1.72. The first kappa shape index (κ1) is 17.7. The van der Waals surface area contributed by atoms with E-state index in [1.807, 2.05) is 61.7 Å². The highest BCUT2D eigenvalue weighted by Gasteiger charge is 2.21. The number of para-hydroxylation sites is 1. The summed E-state index contributed by atoms with van der Waals surface area (Å²) in [4.78, 5) is 27.4. The lowest BCUT2D eigenvalue weighted by molar-refractivity contribution is -0.128. The minimum Gasteiger partial charge on any atom is -0.361 e. The molecule has 2 aromatic carbocycles. The Labute approximate surface area is 152 Å². The quantitative estimate of drug-likeness (QED) is 0.640. The first-order valence-corrected chi connectivity index (χ1v) is 8.68. The van der Waals surface area contributed by atoms with Crippen molar-refractivity contribution in [1.29, 1.82) is 0 Å². The van der Waals surface area contributed by atoms with Crippen molar-refractivity contribution >= 4 is 22.7 Å². The third kappa shape index (κ3) is 4.30. The number of amides is 2. The molecule has 1 atom stereocenters. The number of aromatic nitrogens is 1. The molecule has 0 fully saturated rings. The van der Waals surface area contributed by atoms with Gasteiger partial charge >= 0.3 is 0 Å². The Bertz CT molecular complexity index is 930. The van der Waals surface area contributed by atoms with Crippen molar-refractivity contribution in [2.75, 3.05) is 0 Å². The van der Waals surface area contributed by atoms with Crippen molar-refractivity contribution in [3.05, 3.63) is 71.4 Å². The smallest absolute Gasteiger partial charge is 0.243 e. The van der Waals surface area contributed by atoms with Crippen LogP contribution in [0.15, 0.2) is 54.7 Å². The van der Waals surface area contributed by atoms with E-state index in [1.165, 1.54) is 6.92 Å². The Kier molecular flexibility index (Phi) is 5.37. The number of aryl methyl sites for hydroxylation is 1. The maximum Gasteiger partial charge on any atom is 0.243 e. The van der Waals surface area contributed by atoms with Gasteiger partial charge in [0, 0.05) is 37.0 Å². The molecule has 0 saturated carbocycles. The summed E-state index contributed by atoms with van der Waals surface area (Å²) in [5.41, 5.74) is 4.20. The SMILES string of the molecule is CC(=O)NC(Cc1c[nH]c2ccccc12)C(=O)NCc1cccc(C)c1. The molecule has 3 N–H and O–H groups in total. The number of benzene rings is 2. The molecule has 0 aliphatic rings. The largest absolute Gasteiger partial charge is 0.361 e. The van der Waals surface area contributed by atoms with Crippen molar-refractivity contribution in [2.24, 2.45) is 0 Å². The minimum absolute atomic E-state index is 0.188. The molecule has 5 heteroatoms. The van der Waals surface area contributed by atoms with Gasteiger partial charge in [-0.25, -0.2) is 0 Å². The lowest BCUT2D eigenvalue weighted by Gasteiger charge is -2.17. The fourth-order valence-corrected chi connectivity index (χ4v) is 3.11. The predicted molar refractivity (Wildman–Crippen MR) is 103 cm³/mol. The third-order valence-electron chi connectivity index (χ3n) is 4.34. The van der Waals surface area contributed by atoms with Gasteiger partial charge in [0.1, 0.15) is 6.04 Å². The molecule has 0 radical (unpaired) electrons. The van der Waals surface area contributed by atoms with E-state index < -0.39 is 6.04 Å². The van der Waals surface area contributed by atoms with Crippen molar-refractivity contribution in [3.8, 4) is 0 Å². The van der Waals surface area contributed by atoms with Gasteiger partial charge in [-0.2, -0.15) is 0 Å². The highest BCUT2D eigenvalue weighted by atomic mass is 16.2. The number of hydrogen-bond acceptors (Lipinski definition) is 2. The Hall–Kier alpha value is -3.08. The summed E-state index contributed by atoms with van der Waals surface area (Å²) in [5.74, 6) is -0.410. The average molecular weight is 349 g/mol. The van der Waals surface area contributed by atoms with Gasteiger partial charge in [-0.1, -0.05) is 48.0 Å². The Morgan fingerprint density at radius 3 is 2.69 bits per heavy atom. The maximum atomic E-state index is 12.7. The second-order valence-corrected chi connectivity index (χ2v) is 6.52. The second-order valence-electron chi connectivity index (χ2n) is 6.52. The summed E-state index contributed by atoms with van der Waals surface area (Å²) < 4.78 is 0. The summed E-state index contributed by atoms with van der Waals surface area (Å²) in [6.45, 7) is 3.88. The fraction of sp³-hybridized carbons (Fsp3) is 0.238. The van der Waals surface area contributed by atoms with Crippen LogP contribution in [-0.4, -0.2) is 22.8 Å². The van der Waals surface area contributed by atoms with Crippen LogP contribution in [0.5, 0.6) is 0 Å². The lowest BCUT2D eigenvalue weighted by Crippen LogP contribution is -2.47. The molecular formula is C21H23N3O2. The van der Waals surface area contributed by atoms with Crippen LogP contribution in [-0.2, 0) is 22.6 Å². The number of carbonyl (C=O) groups excluding carboxylic acids is 2. The van der Waals surface area contributed by atoms with E-state index in [0.717, 1.165) is 27.6 Å². The van der Waals surface area contributed by atoms with Gasteiger partial charge in [0.25, 0.3) is 0 Å². The molecule has 0 spiro atoms. The molecule has 3 aromatic rings. The highest BCUT2D eigenvalue weighted by Crippen LogP contribution is 2.19. The van der Waals surface area contributed by atoms with Crippen molar-refractivity contribution < 1.29 is 9.59 Å². The zero-order valence-electron chi connectivity index (χ0n) is 15.0. The van der Waals surface area contributed by atoms with E-state index >= 15 is 0 Å². The van der Waals surface area contributed by atoms with Crippen LogP contribution in [0.3, 0.4) is 0 Å². The number of nitrogens with one attached hydrogen (secondary N) is 3. The van der Waals surface area contributed by atoms with Gasteiger partial charge < -0.3 is 15.6 Å². The number of aromatic amines is 1. The third-order valence-corrected chi connectivity index (χ3v) is 4.34. The fourth-order valence-electron chi connectivity index (χ4n) is 3.11. The Morgan fingerprint density at radius 1 is 1.12 bits per heavy atom. The Morgan fingerprint density at radius 2 is 1.92 bits per heavy atom. The van der Waals surface area contributed by atoms with E-state index in [-0.39, 0.29) is 11.8 Å². The molecule has 0 aliphatic carbocycles. The van der Waals surface area contributed by atoms with Gasteiger partial charge in [-0.15, -0.1) is 0 Å². The average Bonchev–Trinajstić information content (AvgIpc) is 3.02. The predicted octanol–water partition coefficient (Wildman–Crippen LogP) is 2.84. The van der Waals surface area contributed by atoms with Crippen LogP contribution >= 0.6 is 0 Å². The number of hydrogen-bond donors (Lipinski definition) is 3. The summed E-state index contributed by atoms with van der Waals surface area (Å²) >= 11 is 0. The van der Waals surface area contributed by atoms with Gasteiger partial charge in [0.15, 0.2) is 0 Å². The minimum atomic E-state index is -0.614. The summed E-state index contributed by atoms with van der Waals surface area (Å²) in [7, 11) is 0. The second kappa shape index (κ2) is 7.87. The van der Waals surface area contributed by atoms with E-state index in [0.29, 0.717) is 13.0 Å². The zero-order valence-corrected chi connectivity index (χ0v) is 15.0. The molecule has 0 saturated heterocycles. The maximum absolute atomic E-state index is 12.7. The lowest BCUT2D eigenvalue weighted by atomic mass is 10.0. The van der Waals surface area contributed by atoms with Gasteiger partial charge in [0.05, 0.1) is 0 Å². The molecule has 1 unspecified atom stereocenters. The first-order chi connectivity index (χ1) is 12.5. The molecule has 134 valence electrons. The van der Waals surface area contributed by atoms with Crippen LogP contribution in [0.4, 0.5) is 0 Å². The van der Waals surface area contributed by atoms with Crippen LogP contribution in [0, 0.1) is 6.92 Å². The van der Waals surface area contributed by atoms with E-state index in [2.05, 4.69) is 15.6 Å². The summed E-state index contributed by atoms with van der Waals surface area (Å²) in [5, 5.41) is 6.76. The van der Waals surface area contributed by atoms with Crippen LogP contribution in [0.1, 0.15) is 23.6 Å². The molecule has 5 nitrogen and oxygen atoms in total. The van der Waals surface area contributed by atoms with Gasteiger partial charge in [0.2, 0.25) is 11.8 Å². The molecule has 2 amide bonds. The highest BCUT2D eigenvalue weighted by molar-refractivity contribution is 5.89. The number of rotatable bonds is 6. The van der Waals surface area contributed by atoms with Crippen LogP contribution in [0.2, 0.25) is 0 Å². The zero-order chi connectivity index (χ0) is 18.5. The first-order valence-electron chi connectivity index (χ1n) is 8.68.